The summed E-state index contributed by atoms with van der Waals surface area (Å²) in [6.07, 6.45) is 1.90. The lowest BCUT2D eigenvalue weighted by atomic mass is 9.95. The standard InChI is InChI=1S/C13H22N2O2S2/c1-10-4-6-15(11(2)8-10)19(16,17)13-5-7-18-12(13)9-14-3/h5,7,10-11,14H,4,6,8-9H2,1-3H3. The number of rotatable bonds is 4. The number of nitrogens with one attached hydrogen (secondary N) is 1. The lowest BCUT2D eigenvalue weighted by Crippen LogP contribution is -2.44. The van der Waals surface area contributed by atoms with Crippen LogP contribution in [-0.4, -0.2) is 32.4 Å². The number of thiophene rings is 1. The van der Waals surface area contributed by atoms with Crippen molar-refractivity contribution in [2.75, 3.05) is 13.6 Å². The average molecular weight is 302 g/mol. The summed E-state index contributed by atoms with van der Waals surface area (Å²) in [5.41, 5.74) is 0. The first-order chi connectivity index (χ1) is 8.96. The molecule has 0 radical (unpaired) electrons. The molecule has 6 heteroatoms. The summed E-state index contributed by atoms with van der Waals surface area (Å²) in [6.45, 7) is 5.44. The molecule has 4 nitrogen and oxygen atoms in total. The van der Waals surface area contributed by atoms with Crippen molar-refractivity contribution in [1.29, 1.82) is 0 Å². The van der Waals surface area contributed by atoms with Gasteiger partial charge in [-0.2, -0.15) is 4.31 Å². The maximum atomic E-state index is 12.8. The molecule has 1 aliphatic heterocycles. The Labute approximate surface area is 119 Å². The zero-order chi connectivity index (χ0) is 14.0. The number of nitrogens with zero attached hydrogens (tertiary/aromatic N) is 1. The molecule has 2 rings (SSSR count). The van der Waals surface area contributed by atoms with Gasteiger partial charge >= 0.3 is 0 Å². The number of hydrogen-bond acceptors (Lipinski definition) is 4. The summed E-state index contributed by atoms with van der Waals surface area (Å²) >= 11 is 1.50. The molecule has 1 fully saturated rings. The molecule has 0 saturated carbocycles. The zero-order valence-corrected chi connectivity index (χ0v) is 13.4. The van der Waals surface area contributed by atoms with Crippen molar-refractivity contribution in [2.45, 2.75) is 44.2 Å². The van der Waals surface area contributed by atoms with E-state index in [0.29, 0.717) is 23.9 Å². The summed E-state index contributed by atoms with van der Waals surface area (Å²) < 4.78 is 27.2. The first-order valence-corrected chi connectivity index (χ1v) is 9.01. The number of hydrogen-bond donors (Lipinski definition) is 1. The Bertz CT molecular complexity index is 525. The molecule has 1 saturated heterocycles. The Hall–Kier alpha value is -0.430. The topological polar surface area (TPSA) is 49.4 Å². The molecular formula is C13H22N2O2S2. The Morgan fingerprint density at radius 3 is 2.84 bits per heavy atom. The summed E-state index contributed by atoms with van der Waals surface area (Å²) in [5.74, 6) is 0.612. The molecule has 108 valence electrons. The number of sulfonamides is 1. The van der Waals surface area contributed by atoms with Gasteiger partial charge in [-0.1, -0.05) is 6.92 Å². The van der Waals surface area contributed by atoms with Crippen LogP contribution >= 0.6 is 11.3 Å². The van der Waals surface area contributed by atoms with Crippen LogP contribution in [0.1, 0.15) is 31.6 Å². The highest BCUT2D eigenvalue weighted by molar-refractivity contribution is 7.89. The maximum absolute atomic E-state index is 12.8. The van der Waals surface area contributed by atoms with E-state index in [-0.39, 0.29) is 6.04 Å². The highest BCUT2D eigenvalue weighted by Gasteiger charge is 2.34. The van der Waals surface area contributed by atoms with Crippen molar-refractivity contribution < 1.29 is 8.42 Å². The van der Waals surface area contributed by atoms with Crippen LogP contribution in [0, 0.1) is 5.92 Å². The second-order valence-electron chi connectivity index (χ2n) is 5.33. The Morgan fingerprint density at radius 2 is 2.21 bits per heavy atom. The van der Waals surface area contributed by atoms with Crippen LogP contribution in [0.2, 0.25) is 0 Å². The van der Waals surface area contributed by atoms with Gasteiger partial charge in [-0.05, 0) is 44.2 Å². The van der Waals surface area contributed by atoms with E-state index in [9.17, 15) is 8.42 Å². The minimum atomic E-state index is -3.34. The molecule has 0 bridgehead atoms. The van der Waals surface area contributed by atoms with Crippen LogP contribution < -0.4 is 5.32 Å². The SMILES string of the molecule is CNCc1sccc1S(=O)(=O)N1CCC(C)CC1C. The molecule has 0 spiro atoms. The fourth-order valence-electron chi connectivity index (χ4n) is 2.72. The highest BCUT2D eigenvalue weighted by Crippen LogP contribution is 2.31. The van der Waals surface area contributed by atoms with Crippen LogP contribution in [0.4, 0.5) is 0 Å². The first kappa shape index (κ1) is 15.0. The lowest BCUT2D eigenvalue weighted by Gasteiger charge is -2.35. The lowest BCUT2D eigenvalue weighted by molar-refractivity contribution is 0.220. The van der Waals surface area contributed by atoms with Gasteiger partial charge in [0, 0.05) is 24.0 Å². The predicted molar refractivity (Wildman–Crippen MR) is 78.8 cm³/mol. The van der Waals surface area contributed by atoms with Crippen LogP contribution in [-0.2, 0) is 16.6 Å². The van der Waals surface area contributed by atoms with Gasteiger partial charge in [0.05, 0.1) is 4.90 Å². The minimum absolute atomic E-state index is 0.0936. The van der Waals surface area contributed by atoms with Crippen molar-refractivity contribution in [3.8, 4) is 0 Å². The molecule has 19 heavy (non-hydrogen) atoms. The quantitative estimate of drug-likeness (QED) is 0.928. The Kier molecular flexibility index (Phi) is 4.66. The van der Waals surface area contributed by atoms with E-state index in [1.807, 2.05) is 19.4 Å². The summed E-state index contributed by atoms with van der Waals surface area (Å²) in [5, 5.41) is 4.89. The van der Waals surface area contributed by atoms with Gasteiger partial charge in [0.25, 0.3) is 0 Å². The van der Waals surface area contributed by atoms with Crippen molar-refractivity contribution in [2.24, 2.45) is 5.92 Å². The monoisotopic (exact) mass is 302 g/mol. The molecule has 1 aromatic heterocycles. The van der Waals surface area contributed by atoms with Gasteiger partial charge < -0.3 is 5.32 Å². The molecule has 0 aromatic carbocycles. The third-order valence-corrected chi connectivity index (χ3v) is 6.85. The molecule has 2 atom stereocenters. The smallest absolute Gasteiger partial charge is 0.244 e. The van der Waals surface area contributed by atoms with E-state index in [4.69, 9.17) is 0 Å². The summed E-state index contributed by atoms with van der Waals surface area (Å²) in [7, 11) is -1.51. The van der Waals surface area contributed by atoms with Crippen LogP contribution in [0.3, 0.4) is 0 Å². The average Bonchev–Trinajstić information content (AvgIpc) is 2.78. The summed E-state index contributed by atoms with van der Waals surface area (Å²) in [6, 6.07) is 1.83. The second-order valence-corrected chi connectivity index (χ2v) is 8.19. The van der Waals surface area contributed by atoms with Crippen molar-refractivity contribution in [3.63, 3.8) is 0 Å². The van der Waals surface area contributed by atoms with E-state index < -0.39 is 10.0 Å². The first-order valence-electron chi connectivity index (χ1n) is 6.69. The molecule has 1 aliphatic rings. The van der Waals surface area contributed by atoms with Crippen molar-refractivity contribution in [3.05, 3.63) is 16.3 Å². The van der Waals surface area contributed by atoms with E-state index in [0.717, 1.165) is 17.7 Å². The molecule has 0 aliphatic carbocycles. The van der Waals surface area contributed by atoms with Crippen molar-refractivity contribution >= 4 is 21.4 Å². The molecular weight excluding hydrogens is 280 g/mol. The van der Waals surface area contributed by atoms with Gasteiger partial charge in [-0.25, -0.2) is 8.42 Å². The predicted octanol–water partition coefficient (Wildman–Crippen LogP) is 2.28. The van der Waals surface area contributed by atoms with Gasteiger partial charge in [-0.3, -0.25) is 0 Å². The number of piperidine rings is 1. The fourth-order valence-corrected chi connectivity index (χ4v) is 5.80. The molecule has 2 unspecified atom stereocenters. The van der Waals surface area contributed by atoms with Gasteiger partial charge in [0.1, 0.15) is 0 Å². The summed E-state index contributed by atoms with van der Waals surface area (Å²) in [4.78, 5) is 1.38. The molecule has 0 amide bonds. The molecule has 1 N–H and O–H groups in total. The van der Waals surface area contributed by atoms with Crippen LogP contribution in [0.25, 0.3) is 0 Å². The second kappa shape index (κ2) is 5.91. The van der Waals surface area contributed by atoms with E-state index in [1.165, 1.54) is 11.3 Å². The molecule has 1 aromatic rings. The van der Waals surface area contributed by atoms with E-state index in [1.54, 1.807) is 10.4 Å². The Morgan fingerprint density at radius 1 is 1.47 bits per heavy atom. The van der Waals surface area contributed by atoms with Gasteiger partial charge in [0.15, 0.2) is 0 Å². The zero-order valence-electron chi connectivity index (χ0n) is 11.7. The van der Waals surface area contributed by atoms with Crippen LogP contribution in [0.15, 0.2) is 16.3 Å². The van der Waals surface area contributed by atoms with Crippen molar-refractivity contribution in [1.82, 2.24) is 9.62 Å². The van der Waals surface area contributed by atoms with E-state index >= 15 is 0 Å². The maximum Gasteiger partial charge on any atom is 0.244 e. The Balaban J connectivity index is 2.29. The largest absolute Gasteiger partial charge is 0.315 e. The fraction of sp³-hybridized carbons (Fsp3) is 0.692. The van der Waals surface area contributed by atoms with Crippen LogP contribution in [0.5, 0.6) is 0 Å². The third kappa shape index (κ3) is 3.02. The van der Waals surface area contributed by atoms with E-state index in [2.05, 4.69) is 12.2 Å². The normalized spacial score (nSPS) is 25.6. The third-order valence-electron chi connectivity index (χ3n) is 3.71. The van der Waals surface area contributed by atoms with Gasteiger partial charge in [-0.15, -0.1) is 11.3 Å². The minimum Gasteiger partial charge on any atom is -0.315 e. The van der Waals surface area contributed by atoms with Gasteiger partial charge in [0.2, 0.25) is 10.0 Å². The molecule has 2 heterocycles. The highest BCUT2D eigenvalue weighted by atomic mass is 32.2.